The number of hydrogen-bond donors (Lipinski definition) is 1. The number of amides is 1. The van der Waals surface area contributed by atoms with Gasteiger partial charge in [-0.25, -0.2) is 0 Å². The number of aromatic nitrogens is 2. The van der Waals surface area contributed by atoms with E-state index in [1.807, 2.05) is 19.2 Å². The zero-order valence-electron chi connectivity index (χ0n) is 12.3. The quantitative estimate of drug-likeness (QED) is 0.942. The van der Waals surface area contributed by atoms with Gasteiger partial charge in [-0.05, 0) is 24.1 Å². The molecule has 0 saturated heterocycles. The fourth-order valence-electron chi connectivity index (χ4n) is 1.96. The zero-order valence-corrected chi connectivity index (χ0v) is 12.3. The number of aryl methyl sites for hydroxylation is 1. The third kappa shape index (κ3) is 3.32. The maximum atomic E-state index is 13.1. The van der Waals surface area contributed by atoms with E-state index in [-0.39, 0.29) is 17.4 Å². The predicted octanol–water partition coefficient (Wildman–Crippen LogP) is 3.17. The van der Waals surface area contributed by atoms with E-state index >= 15 is 0 Å². The molecule has 2 heterocycles. The lowest BCUT2D eigenvalue weighted by molar-refractivity contribution is -0.159. The number of carbonyl (C=O) groups excluding carboxylic acids is 1. The molecule has 22 heavy (non-hydrogen) atoms. The molecular weight excluding hydrogens is 299 g/mol. The van der Waals surface area contributed by atoms with Crippen molar-refractivity contribution in [1.82, 2.24) is 15.1 Å². The van der Waals surface area contributed by atoms with E-state index in [0.29, 0.717) is 5.69 Å². The number of rotatable bonds is 4. The molecule has 1 atom stereocenters. The van der Waals surface area contributed by atoms with Crippen LogP contribution in [0.2, 0.25) is 0 Å². The first-order chi connectivity index (χ1) is 10.2. The second kappa shape index (κ2) is 5.86. The van der Waals surface area contributed by atoms with Crippen molar-refractivity contribution in [3.05, 3.63) is 41.6 Å². The molecule has 0 aliphatic heterocycles. The first kappa shape index (κ1) is 16.1. The Hall–Kier alpha value is -2.25. The Morgan fingerprint density at radius 1 is 1.41 bits per heavy atom. The minimum atomic E-state index is -4.66. The van der Waals surface area contributed by atoms with Gasteiger partial charge in [-0.15, -0.1) is 0 Å². The minimum absolute atomic E-state index is 0.0597. The Morgan fingerprint density at radius 2 is 2.09 bits per heavy atom. The number of alkyl halides is 3. The molecule has 120 valence electrons. The van der Waals surface area contributed by atoms with Gasteiger partial charge in [0.2, 0.25) is 0 Å². The lowest BCUT2D eigenvalue weighted by atomic mass is 10.1. The maximum Gasteiger partial charge on any atom is 0.415 e. The molecule has 0 aliphatic carbocycles. The zero-order chi connectivity index (χ0) is 16.5. The molecule has 1 N–H and O–H groups in total. The fraction of sp³-hybridized carbons (Fsp3) is 0.429. The van der Waals surface area contributed by atoms with E-state index in [9.17, 15) is 18.0 Å². The maximum absolute atomic E-state index is 13.1. The van der Waals surface area contributed by atoms with E-state index in [1.165, 1.54) is 29.9 Å². The molecule has 2 aromatic rings. The molecule has 0 fully saturated rings. The normalized spacial score (nSPS) is 13.4. The number of furan rings is 1. The van der Waals surface area contributed by atoms with Crippen LogP contribution in [0.25, 0.3) is 0 Å². The van der Waals surface area contributed by atoms with Gasteiger partial charge in [0.05, 0.1) is 12.0 Å². The van der Waals surface area contributed by atoms with Gasteiger partial charge in [0.15, 0.2) is 6.04 Å². The second-order valence-corrected chi connectivity index (χ2v) is 5.20. The lowest BCUT2D eigenvalue weighted by Crippen LogP contribution is -2.38. The third-order valence-corrected chi connectivity index (χ3v) is 3.15. The molecule has 8 heteroatoms. The summed E-state index contributed by atoms with van der Waals surface area (Å²) in [6.07, 6.45) is -3.53. The summed E-state index contributed by atoms with van der Waals surface area (Å²) < 4.78 is 45.3. The second-order valence-electron chi connectivity index (χ2n) is 5.20. The summed E-state index contributed by atoms with van der Waals surface area (Å²) in [5.41, 5.74) is 0.693. The summed E-state index contributed by atoms with van der Waals surface area (Å²) in [5, 5.41) is 6.06. The molecule has 0 saturated carbocycles. The van der Waals surface area contributed by atoms with Gasteiger partial charge in [0, 0.05) is 7.05 Å². The van der Waals surface area contributed by atoms with E-state index < -0.39 is 18.1 Å². The monoisotopic (exact) mass is 315 g/mol. The molecule has 0 unspecified atom stereocenters. The van der Waals surface area contributed by atoms with Crippen LogP contribution in [0.5, 0.6) is 0 Å². The van der Waals surface area contributed by atoms with E-state index in [4.69, 9.17) is 4.42 Å². The first-order valence-electron chi connectivity index (χ1n) is 6.65. The van der Waals surface area contributed by atoms with Crippen molar-refractivity contribution in [2.75, 3.05) is 0 Å². The van der Waals surface area contributed by atoms with Gasteiger partial charge < -0.3 is 9.73 Å². The van der Waals surface area contributed by atoms with E-state index in [1.54, 1.807) is 0 Å². The number of carbonyl (C=O) groups is 1. The summed E-state index contributed by atoms with van der Waals surface area (Å²) >= 11 is 0. The van der Waals surface area contributed by atoms with Crippen molar-refractivity contribution in [1.29, 1.82) is 0 Å². The summed E-state index contributed by atoms with van der Waals surface area (Å²) in [6, 6.07) is 1.78. The van der Waals surface area contributed by atoms with Gasteiger partial charge in [-0.2, -0.15) is 18.3 Å². The van der Waals surface area contributed by atoms with Crippen LogP contribution in [0.15, 0.2) is 28.9 Å². The topological polar surface area (TPSA) is 60.1 Å². The van der Waals surface area contributed by atoms with Crippen LogP contribution < -0.4 is 5.32 Å². The molecule has 2 aromatic heterocycles. The van der Waals surface area contributed by atoms with Crippen LogP contribution in [-0.2, 0) is 7.05 Å². The predicted molar refractivity (Wildman–Crippen MR) is 72.3 cm³/mol. The van der Waals surface area contributed by atoms with E-state index in [0.717, 1.165) is 6.26 Å². The molecular formula is C14H16F3N3O2. The molecule has 0 aromatic carbocycles. The van der Waals surface area contributed by atoms with Gasteiger partial charge in [-0.1, -0.05) is 13.8 Å². The van der Waals surface area contributed by atoms with Crippen molar-refractivity contribution in [3.63, 3.8) is 0 Å². The Labute approximate surface area is 125 Å². The van der Waals surface area contributed by atoms with Crippen molar-refractivity contribution in [3.8, 4) is 0 Å². The van der Waals surface area contributed by atoms with Gasteiger partial charge in [0.25, 0.3) is 5.91 Å². The standard InChI is InChI=1S/C14H16F3N3O2/c1-8(2)9-7-10(20(3)19-9)13(21)18-12(14(15,16)17)11-5-4-6-22-11/h4-8,12H,1-3H3,(H,18,21)/t12-/m0/s1. The summed E-state index contributed by atoms with van der Waals surface area (Å²) in [7, 11) is 1.51. The Morgan fingerprint density at radius 3 is 2.55 bits per heavy atom. The Kier molecular flexibility index (Phi) is 4.30. The van der Waals surface area contributed by atoms with Crippen LogP contribution in [0, 0.1) is 0 Å². The van der Waals surface area contributed by atoms with Crippen molar-refractivity contribution in [2.45, 2.75) is 32.0 Å². The number of nitrogens with one attached hydrogen (secondary N) is 1. The highest BCUT2D eigenvalue weighted by Crippen LogP contribution is 2.33. The van der Waals surface area contributed by atoms with Gasteiger partial charge >= 0.3 is 6.18 Å². The molecule has 2 rings (SSSR count). The van der Waals surface area contributed by atoms with Crippen LogP contribution in [0.3, 0.4) is 0 Å². The summed E-state index contributed by atoms with van der Waals surface area (Å²) in [5.74, 6) is -1.16. The highest BCUT2D eigenvalue weighted by molar-refractivity contribution is 5.93. The highest BCUT2D eigenvalue weighted by atomic mass is 19.4. The SMILES string of the molecule is CC(C)c1cc(C(=O)N[C@@H](c2ccco2)C(F)(F)F)n(C)n1. The van der Waals surface area contributed by atoms with Crippen LogP contribution >= 0.6 is 0 Å². The third-order valence-electron chi connectivity index (χ3n) is 3.15. The van der Waals surface area contributed by atoms with Crippen LogP contribution in [0.1, 0.15) is 47.7 Å². The van der Waals surface area contributed by atoms with Crippen LogP contribution in [-0.4, -0.2) is 21.9 Å². The first-order valence-corrected chi connectivity index (χ1v) is 6.65. The molecule has 0 aliphatic rings. The molecule has 0 spiro atoms. The smallest absolute Gasteiger partial charge is 0.415 e. The van der Waals surface area contributed by atoms with Crippen molar-refractivity contribution >= 4 is 5.91 Å². The minimum Gasteiger partial charge on any atom is -0.467 e. The fourth-order valence-corrected chi connectivity index (χ4v) is 1.96. The van der Waals surface area contributed by atoms with Gasteiger partial charge in [0.1, 0.15) is 11.5 Å². The van der Waals surface area contributed by atoms with Crippen molar-refractivity contribution < 1.29 is 22.4 Å². The average molecular weight is 315 g/mol. The summed E-state index contributed by atoms with van der Waals surface area (Å²) in [6.45, 7) is 3.76. The van der Waals surface area contributed by atoms with E-state index in [2.05, 4.69) is 5.10 Å². The Bertz CT molecular complexity index is 645. The number of hydrogen-bond acceptors (Lipinski definition) is 3. The molecule has 1 amide bonds. The summed E-state index contributed by atoms with van der Waals surface area (Å²) in [4.78, 5) is 12.1. The number of halogens is 3. The van der Waals surface area contributed by atoms with Crippen molar-refractivity contribution in [2.24, 2.45) is 7.05 Å². The number of nitrogens with zero attached hydrogens (tertiary/aromatic N) is 2. The molecule has 0 bridgehead atoms. The largest absolute Gasteiger partial charge is 0.467 e. The molecule has 0 radical (unpaired) electrons. The highest BCUT2D eigenvalue weighted by Gasteiger charge is 2.44. The Balaban J connectivity index is 2.26. The average Bonchev–Trinajstić information content (AvgIpc) is 3.03. The molecule has 5 nitrogen and oxygen atoms in total. The van der Waals surface area contributed by atoms with Gasteiger partial charge in [-0.3, -0.25) is 9.48 Å². The lowest BCUT2D eigenvalue weighted by Gasteiger charge is -2.19. The van der Waals surface area contributed by atoms with Crippen LogP contribution in [0.4, 0.5) is 13.2 Å².